The molecule has 0 unspecified atom stereocenters. The Kier molecular flexibility index (Phi) is 9.76. The number of anilines is 1. The van der Waals surface area contributed by atoms with Gasteiger partial charge >= 0.3 is 0 Å². The molecular formula is C33H44N6O2. The number of hydrogen-bond donors (Lipinski definition) is 1. The predicted molar refractivity (Wildman–Crippen MR) is 167 cm³/mol. The van der Waals surface area contributed by atoms with Gasteiger partial charge in [-0.05, 0) is 89.1 Å². The number of Topliss-reactive ketones (excluding diaryl/α,β-unsaturated/α-hetero) is 1. The number of likely N-dealkylation sites (N-methyl/N-ethyl adjacent to an activating group) is 1. The third-order valence-corrected chi connectivity index (χ3v) is 7.58. The van der Waals surface area contributed by atoms with E-state index in [1.807, 2.05) is 36.9 Å². The van der Waals surface area contributed by atoms with E-state index in [4.69, 9.17) is 0 Å². The molecule has 4 rings (SSSR count). The molecule has 3 aromatic rings. The van der Waals surface area contributed by atoms with Crippen LogP contribution in [-0.4, -0.2) is 71.1 Å². The van der Waals surface area contributed by atoms with E-state index in [-0.39, 0.29) is 24.3 Å². The maximum Gasteiger partial charge on any atom is 0.252 e. The van der Waals surface area contributed by atoms with E-state index < -0.39 is 0 Å². The molecule has 1 aliphatic rings. The number of piperazine rings is 1. The summed E-state index contributed by atoms with van der Waals surface area (Å²) >= 11 is 0. The minimum Gasteiger partial charge on any atom is -0.354 e. The molecule has 1 amide bonds. The molecule has 0 bridgehead atoms. The van der Waals surface area contributed by atoms with Crippen molar-refractivity contribution in [2.24, 2.45) is 0 Å². The molecule has 2 aromatic heterocycles. The van der Waals surface area contributed by atoms with Crippen LogP contribution in [0.25, 0.3) is 22.0 Å². The van der Waals surface area contributed by atoms with Gasteiger partial charge in [0.25, 0.3) is 5.91 Å². The van der Waals surface area contributed by atoms with Gasteiger partial charge in [-0.1, -0.05) is 25.0 Å². The number of hydrogen-bond acceptors (Lipinski definition) is 6. The molecule has 1 saturated heterocycles. The summed E-state index contributed by atoms with van der Waals surface area (Å²) < 4.78 is 1.95. The highest BCUT2D eigenvalue weighted by atomic mass is 16.2. The van der Waals surface area contributed by atoms with Gasteiger partial charge in [0.05, 0.1) is 17.3 Å². The average molecular weight is 557 g/mol. The first-order chi connectivity index (χ1) is 19.6. The van der Waals surface area contributed by atoms with Crippen molar-refractivity contribution in [1.82, 2.24) is 25.0 Å². The number of pyridine rings is 1. The van der Waals surface area contributed by atoms with Crippen LogP contribution in [0.15, 0.2) is 59.5 Å². The van der Waals surface area contributed by atoms with Gasteiger partial charge in [0.1, 0.15) is 5.82 Å². The largest absolute Gasteiger partial charge is 0.354 e. The third kappa shape index (κ3) is 7.11. The number of allylic oxidation sites excluding steroid dienone is 3. The second-order valence-corrected chi connectivity index (χ2v) is 11.5. The minimum absolute atomic E-state index is 0.0222. The third-order valence-electron chi connectivity index (χ3n) is 7.58. The molecular weight excluding hydrogens is 512 g/mol. The van der Waals surface area contributed by atoms with Gasteiger partial charge in [-0.25, -0.2) is 4.98 Å². The number of carbonyl (C=O) groups is 2. The summed E-state index contributed by atoms with van der Waals surface area (Å²) in [6, 6.07) is 8.28. The van der Waals surface area contributed by atoms with E-state index in [0.29, 0.717) is 11.1 Å². The van der Waals surface area contributed by atoms with Crippen LogP contribution in [0.5, 0.6) is 0 Å². The summed E-state index contributed by atoms with van der Waals surface area (Å²) in [6.45, 7) is 15.9. The lowest BCUT2D eigenvalue weighted by molar-refractivity contribution is -0.113. The van der Waals surface area contributed by atoms with Crippen molar-refractivity contribution in [2.45, 2.75) is 60.4 Å². The van der Waals surface area contributed by atoms with Crippen LogP contribution in [0, 0.1) is 0 Å². The molecule has 1 aliphatic heterocycles. The Balaban J connectivity index is 1.73. The highest BCUT2D eigenvalue weighted by molar-refractivity contribution is 6.08. The van der Waals surface area contributed by atoms with Crippen molar-refractivity contribution in [3.05, 3.63) is 65.0 Å². The number of aromatic nitrogens is 3. The Morgan fingerprint density at radius 1 is 1.05 bits per heavy atom. The second-order valence-electron chi connectivity index (χ2n) is 11.5. The fraction of sp³-hybridized carbons (Fsp3) is 0.455. The summed E-state index contributed by atoms with van der Waals surface area (Å²) in [6.07, 6.45) is 7.37. The number of nitrogens with one attached hydrogen (secondary N) is 1. The minimum atomic E-state index is -0.222. The Morgan fingerprint density at radius 3 is 2.41 bits per heavy atom. The first kappa shape index (κ1) is 30.2. The number of rotatable bonds is 10. The molecule has 41 heavy (non-hydrogen) atoms. The van der Waals surface area contributed by atoms with Crippen LogP contribution < -0.4 is 10.2 Å². The Hall–Kier alpha value is -3.78. The van der Waals surface area contributed by atoms with Crippen LogP contribution in [0.1, 0.15) is 70.8 Å². The summed E-state index contributed by atoms with van der Waals surface area (Å²) in [5.74, 6) is 0.698. The standard InChI is InChI=1S/C33H44N6O2/c1-8-9-26(16-22(2)3)29(24(6)40)20-35-33(41)28-17-27(18-31-30(28)21-36-39(31)23(4)5)25-10-11-34-32(19-25)38-14-12-37(7)13-15-38/h10-11,16-19,21,23H,8-9,12-15,20H2,1-7H3,(H,35,41)/b29-26-. The van der Waals surface area contributed by atoms with E-state index in [1.54, 1.807) is 13.1 Å². The van der Waals surface area contributed by atoms with Gasteiger partial charge in [-0.3, -0.25) is 14.3 Å². The van der Waals surface area contributed by atoms with E-state index in [2.05, 4.69) is 71.2 Å². The van der Waals surface area contributed by atoms with Crippen molar-refractivity contribution in [1.29, 1.82) is 0 Å². The number of benzene rings is 1. The molecule has 0 spiro atoms. The number of fused-ring (bicyclic) bond motifs is 1. The van der Waals surface area contributed by atoms with Gasteiger partial charge < -0.3 is 15.1 Å². The van der Waals surface area contributed by atoms with Gasteiger partial charge in [0.15, 0.2) is 5.78 Å². The lowest BCUT2D eigenvalue weighted by Crippen LogP contribution is -2.44. The van der Waals surface area contributed by atoms with Crippen molar-refractivity contribution >= 4 is 28.4 Å². The van der Waals surface area contributed by atoms with Gasteiger partial charge in [-0.2, -0.15) is 5.10 Å². The normalized spacial score (nSPS) is 14.8. The molecule has 0 saturated carbocycles. The SMILES string of the molecule is CCC/C(C=C(C)C)=C(\CNC(=O)c1cc(-c2ccnc(N3CCN(C)CC3)c2)cc2c1cnn2C(C)C)C(C)=O. The summed E-state index contributed by atoms with van der Waals surface area (Å²) in [4.78, 5) is 35.7. The summed E-state index contributed by atoms with van der Waals surface area (Å²) in [5.41, 5.74) is 6.14. The van der Waals surface area contributed by atoms with Crippen LogP contribution >= 0.6 is 0 Å². The van der Waals surface area contributed by atoms with Crippen molar-refractivity contribution in [2.75, 3.05) is 44.7 Å². The smallest absolute Gasteiger partial charge is 0.252 e. The molecule has 1 N–H and O–H groups in total. The maximum absolute atomic E-state index is 13.8. The number of nitrogens with zero attached hydrogens (tertiary/aromatic N) is 5. The number of amides is 1. The number of ketones is 1. The molecule has 0 aliphatic carbocycles. The van der Waals surface area contributed by atoms with Gasteiger partial charge in [0, 0.05) is 55.9 Å². The van der Waals surface area contributed by atoms with Gasteiger partial charge in [-0.15, -0.1) is 0 Å². The highest BCUT2D eigenvalue weighted by Gasteiger charge is 2.20. The molecule has 8 nitrogen and oxygen atoms in total. The highest BCUT2D eigenvalue weighted by Crippen LogP contribution is 2.31. The molecule has 1 aromatic carbocycles. The van der Waals surface area contributed by atoms with Crippen LogP contribution in [0.4, 0.5) is 5.82 Å². The van der Waals surface area contributed by atoms with Crippen molar-refractivity contribution in [3.63, 3.8) is 0 Å². The maximum atomic E-state index is 13.8. The van der Waals surface area contributed by atoms with Crippen molar-refractivity contribution in [3.8, 4) is 11.1 Å². The van der Waals surface area contributed by atoms with E-state index in [1.165, 1.54) is 0 Å². The quantitative estimate of drug-likeness (QED) is 0.251. The Labute approximate surface area is 244 Å². The predicted octanol–water partition coefficient (Wildman–Crippen LogP) is 5.81. The zero-order chi connectivity index (χ0) is 29.7. The first-order valence-corrected chi connectivity index (χ1v) is 14.7. The molecule has 0 atom stereocenters. The Bertz CT molecular complexity index is 1470. The Morgan fingerprint density at radius 2 is 1.78 bits per heavy atom. The van der Waals surface area contributed by atoms with E-state index in [9.17, 15) is 9.59 Å². The molecule has 8 heteroatoms. The molecule has 3 heterocycles. The van der Waals surface area contributed by atoms with Crippen molar-refractivity contribution < 1.29 is 9.59 Å². The van der Waals surface area contributed by atoms with Gasteiger partial charge in [0.2, 0.25) is 0 Å². The van der Waals surface area contributed by atoms with Crippen LogP contribution in [0.3, 0.4) is 0 Å². The van der Waals surface area contributed by atoms with E-state index >= 15 is 0 Å². The monoisotopic (exact) mass is 556 g/mol. The molecule has 1 fully saturated rings. The fourth-order valence-corrected chi connectivity index (χ4v) is 5.37. The lowest BCUT2D eigenvalue weighted by Gasteiger charge is -2.33. The van der Waals surface area contributed by atoms with Crippen LogP contribution in [0.2, 0.25) is 0 Å². The first-order valence-electron chi connectivity index (χ1n) is 14.7. The number of carbonyl (C=O) groups excluding carboxylic acids is 2. The van der Waals surface area contributed by atoms with Crippen LogP contribution in [-0.2, 0) is 4.79 Å². The fourth-order valence-electron chi connectivity index (χ4n) is 5.37. The topological polar surface area (TPSA) is 83.4 Å². The zero-order valence-corrected chi connectivity index (χ0v) is 25.6. The zero-order valence-electron chi connectivity index (χ0n) is 25.6. The lowest BCUT2D eigenvalue weighted by atomic mass is 9.97. The molecule has 218 valence electrons. The summed E-state index contributed by atoms with van der Waals surface area (Å²) in [7, 11) is 2.14. The second kappa shape index (κ2) is 13.3. The average Bonchev–Trinajstić information content (AvgIpc) is 3.37. The molecule has 0 radical (unpaired) electrons. The summed E-state index contributed by atoms with van der Waals surface area (Å²) in [5, 5.41) is 8.47. The van der Waals surface area contributed by atoms with E-state index in [0.717, 1.165) is 78.0 Å².